The van der Waals surface area contributed by atoms with E-state index in [1.165, 1.54) is 19.3 Å². The van der Waals surface area contributed by atoms with E-state index >= 15 is 0 Å². The van der Waals surface area contributed by atoms with E-state index in [2.05, 4.69) is 11.2 Å². The highest BCUT2D eigenvalue weighted by Gasteiger charge is 2.12. The molecule has 0 radical (unpaired) electrons. The van der Waals surface area contributed by atoms with E-state index in [1.54, 1.807) is 30.3 Å². The lowest BCUT2D eigenvalue weighted by Gasteiger charge is -2.11. The van der Waals surface area contributed by atoms with Gasteiger partial charge in [0.1, 0.15) is 24.0 Å². The highest BCUT2D eigenvalue weighted by atomic mass is 35.5. The van der Waals surface area contributed by atoms with E-state index in [9.17, 15) is 10.1 Å². The molecule has 7 heteroatoms. The number of amides is 1. The van der Waals surface area contributed by atoms with Gasteiger partial charge in [-0.3, -0.25) is 4.79 Å². The van der Waals surface area contributed by atoms with Gasteiger partial charge in [0.05, 0.1) is 18.7 Å². The summed E-state index contributed by atoms with van der Waals surface area (Å²) < 4.78 is 16.1. The van der Waals surface area contributed by atoms with Crippen LogP contribution in [0.2, 0.25) is 5.02 Å². The number of nitrogens with one attached hydrogen (secondary N) is 1. The molecule has 6 nitrogen and oxygen atoms in total. The lowest BCUT2D eigenvalue weighted by molar-refractivity contribution is -0.112. The van der Waals surface area contributed by atoms with Crippen molar-refractivity contribution in [2.75, 3.05) is 25.6 Å². The van der Waals surface area contributed by atoms with Gasteiger partial charge in [-0.2, -0.15) is 5.26 Å². The third-order valence-electron chi connectivity index (χ3n) is 3.66. The minimum atomic E-state index is -0.570. The van der Waals surface area contributed by atoms with Crippen LogP contribution in [0.15, 0.2) is 42.0 Å². The summed E-state index contributed by atoms with van der Waals surface area (Å²) >= 11 is 6.06. The van der Waals surface area contributed by atoms with E-state index in [0.29, 0.717) is 40.1 Å². The lowest BCUT2D eigenvalue weighted by atomic mass is 10.1. The molecule has 0 aliphatic heterocycles. The maximum Gasteiger partial charge on any atom is 0.266 e. The maximum absolute atomic E-state index is 12.5. The number of carbonyl (C=O) groups is 1. The number of benzene rings is 2. The summed E-state index contributed by atoms with van der Waals surface area (Å²) in [6.07, 6.45) is 6.67. The number of nitriles is 1. The van der Waals surface area contributed by atoms with Crippen LogP contribution in [-0.4, -0.2) is 26.2 Å². The van der Waals surface area contributed by atoms with E-state index in [0.717, 1.165) is 0 Å². The molecule has 2 rings (SSSR count). The van der Waals surface area contributed by atoms with Crippen molar-refractivity contribution in [2.45, 2.75) is 6.92 Å². The van der Waals surface area contributed by atoms with Gasteiger partial charge in [-0.05, 0) is 48.9 Å². The molecule has 2 aromatic rings. The standard InChI is InChI=1S/C22H19ClN2O4/c1-4-10-29-20-8-6-15(12-21(20)28-5-2)11-16(14-24)22(26)25-17-7-9-19(27-3)18(23)13-17/h1,6-9,11-13H,5,10H2,2-3H3,(H,25,26)/b16-11+. The number of anilines is 1. The number of carbonyl (C=O) groups excluding carboxylic acids is 1. The van der Waals surface area contributed by atoms with E-state index < -0.39 is 5.91 Å². The Labute approximate surface area is 174 Å². The van der Waals surface area contributed by atoms with Gasteiger partial charge in [0.15, 0.2) is 11.5 Å². The quantitative estimate of drug-likeness (QED) is 0.398. The number of hydrogen-bond acceptors (Lipinski definition) is 5. The number of terminal acetylenes is 1. The van der Waals surface area contributed by atoms with Crippen molar-refractivity contribution in [1.82, 2.24) is 0 Å². The van der Waals surface area contributed by atoms with Gasteiger partial charge < -0.3 is 19.5 Å². The first kappa shape index (κ1) is 21.7. The molecule has 148 valence electrons. The number of halogens is 1. The zero-order valence-electron chi connectivity index (χ0n) is 16.0. The maximum atomic E-state index is 12.5. The van der Waals surface area contributed by atoms with Crippen LogP contribution in [0.5, 0.6) is 17.2 Å². The fourth-order valence-electron chi connectivity index (χ4n) is 2.38. The molecule has 1 amide bonds. The molecule has 1 N–H and O–H groups in total. The van der Waals surface area contributed by atoms with Crippen molar-refractivity contribution < 1.29 is 19.0 Å². The first-order valence-electron chi connectivity index (χ1n) is 8.62. The number of methoxy groups -OCH3 is 1. The van der Waals surface area contributed by atoms with Crippen LogP contribution >= 0.6 is 11.6 Å². The average molecular weight is 411 g/mol. The first-order chi connectivity index (χ1) is 14.0. The Bertz CT molecular complexity index is 1000. The minimum Gasteiger partial charge on any atom is -0.495 e. The molecular weight excluding hydrogens is 392 g/mol. The second-order valence-electron chi connectivity index (χ2n) is 5.61. The molecule has 0 atom stereocenters. The Morgan fingerprint density at radius 2 is 1.97 bits per heavy atom. The van der Waals surface area contributed by atoms with Crippen LogP contribution in [0, 0.1) is 23.7 Å². The van der Waals surface area contributed by atoms with E-state index in [1.807, 2.05) is 13.0 Å². The summed E-state index contributed by atoms with van der Waals surface area (Å²) in [4.78, 5) is 12.5. The van der Waals surface area contributed by atoms with E-state index in [4.69, 9.17) is 32.2 Å². The lowest BCUT2D eigenvalue weighted by Crippen LogP contribution is -2.13. The Kier molecular flexibility index (Phi) is 7.97. The predicted octanol–water partition coefficient (Wildman–Crippen LogP) is 4.30. The number of rotatable bonds is 8. The number of hydrogen-bond donors (Lipinski definition) is 1. The SMILES string of the molecule is C#CCOc1ccc(/C=C(\C#N)C(=O)Nc2ccc(OC)c(Cl)c2)cc1OCC. The van der Waals surface area contributed by atoms with Crippen molar-refractivity contribution >= 4 is 29.3 Å². The normalized spacial score (nSPS) is 10.4. The number of nitrogens with zero attached hydrogens (tertiary/aromatic N) is 1. The van der Waals surface area contributed by atoms with Crippen LogP contribution in [0.25, 0.3) is 6.08 Å². The Morgan fingerprint density at radius 3 is 2.59 bits per heavy atom. The van der Waals surface area contributed by atoms with Crippen LogP contribution in [0.4, 0.5) is 5.69 Å². The zero-order valence-corrected chi connectivity index (χ0v) is 16.7. The molecule has 0 saturated carbocycles. The first-order valence-corrected chi connectivity index (χ1v) is 9.00. The molecule has 0 unspecified atom stereocenters. The molecule has 29 heavy (non-hydrogen) atoms. The summed E-state index contributed by atoms with van der Waals surface area (Å²) in [5.41, 5.74) is 0.952. The summed E-state index contributed by atoms with van der Waals surface area (Å²) in [6, 6.07) is 11.7. The summed E-state index contributed by atoms with van der Waals surface area (Å²) in [6.45, 7) is 2.36. The molecule has 0 aliphatic carbocycles. The van der Waals surface area contributed by atoms with Gasteiger partial charge in [0.25, 0.3) is 5.91 Å². The van der Waals surface area contributed by atoms with Crippen LogP contribution in [-0.2, 0) is 4.79 Å². The molecule has 0 spiro atoms. The Morgan fingerprint density at radius 1 is 1.21 bits per heavy atom. The molecule has 0 fully saturated rings. The molecular formula is C22H19ClN2O4. The van der Waals surface area contributed by atoms with Gasteiger partial charge in [-0.15, -0.1) is 6.42 Å². The van der Waals surface area contributed by atoms with Crippen LogP contribution in [0.3, 0.4) is 0 Å². The molecule has 0 aliphatic rings. The molecule has 0 bridgehead atoms. The average Bonchev–Trinajstić information content (AvgIpc) is 2.71. The second kappa shape index (κ2) is 10.7. The van der Waals surface area contributed by atoms with Crippen molar-refractivity contribution in [3.05, 3.63) is 52.6 Å². The Hall–Kier alpha value is -3.61. The molecule has 0 saturated heterocycles. The zero-order chi connectivity index (χ0) is 21.2. The van der Waals surface area contributed by atoms with Crippen molar-refractivity contribution in [2.24, 2.45) is 0 Å². The van der Waals surface area contributed by atoms with Gasteiger partial charge in [0.2, 0.25) is 0 Å². The topological polar surface area (TPSA) is 80.6 Å². The summed E-state index contributed by atoms with van der Waals surface area (Å²) in [5, 5.41) is 12.4. The third-order valence-corrected chi connectivity index (χ3v) is 3.96. The highest BCUT2D eigenvalue weighted by molar-refractivity contribution is 6.32. The fourth-order valence-corrected chi connectivity index (χ4v) is 2.64. The van der Waals surface area contributed by atoms with Crippen molar-refractivity contribution in [3.8, 4) is 35.7 Å². The van der Waals surface area contributed by atoms with Gasteiger partial charge >= 0.3 is 0 Å². The second-order valence-corrected chi connectivity index (χ2v) is 6.01. The summed E-state index contributed by atoms with van der Waals surface area (Å²) in [5.74, 6) is 3.25. The van der Waals surface area contributed by atoms with E-state index in [-0.39, 0.29) is 12.2 Å². The van der Waals surface area contributed by atoms with Crippen molar-refractivity contribution in [3.63, 3.8) is 0 Å². The largest absolute Gasteiger partial charge is 0.495 e. The van der Waals surface area contributed by atoms with Gasteiger partial charge in [-0.1, -0.05) is 23.6 Å². The predicted molar refractivity (Wildman–Crippen MR) is 112 cm³/mol. The smallest absolute Gasteiger partial charge is 0.266 e. The van der Waals surface area contributed by atoms with Gasteiger partial charge in [-0.25, -0.2) is 0 Å². The third kappa shape index (κ3) is 5.93. The highest BCUT2D eigenvalue weighted by Crippen LogP contribution is 2.30. The van der Waals surface area contributed by atoms with Crippen LogP contribution < -0.4 is 19.5 Å². The molecule has 2 aromatic carbocycles. The Balaban J connectivity index is 2.25. The monoisotopic (exact) mass is 410 g/mol. The van der Waals surface area contributed by atoms with Crippen LogP contribution in [0.1, 0.15) is 12.5 Å². The minimum absolute atomic E-state index is 0.0864. The molecule has 0 heterocycles. The summed E-state index contributed by atoms with van der Waals surface area (Å²) in [7, 11) is 1.50. The molecule has 0 aromatic heterocycles. The number of ether oxygens (including phenoxy) is 3. The fraction of sp³-hybridized carbons (Fsp3) is 0.182. The van der Waals surface area contributed by atoms with Crippen molar-refractivity contribution in [1.29, 1.82) is 5.26 Å². The van der Waals surface area contributed by atoms with Gasteiger partial charge in [0, 0.05) is 5.69 Å².